The van der Waals surface area contributed by atoms with Gasteiger partial charge in [-0.25, -0.2) is 12.8 Å². The molecule has 2 saturated carbocycles. The van der Waals surface area contributed by atoms with E-state index in [4.69, 9.17) is 0 Å². The first-order valence-electron chi connectivity index (χ1n) is 12.4. The van der Waals surface area contributed by atoms with Gasteiger partial charge in [-0.15, -0.1) is 0 Å². The van der Waals surface area contributed by atoms with Gasteiger partial charge in [-0.05, 0) is 55.7 Å². The average molecular weight is 552 g/mol. The van der Waals surface area contributed by atoms with Gasteiger partial charge in [0.1, 0.15) is 17.9 Å². The van der Waals surface area contributed by atoms with Crippen LogP contribution in [0.5, 0.6) is 0 Å². The molecule has 0 spiro atoms. The molecule has 0 heterocycles. The first-order valence-corrected chi connectivity index (χ1v) is 14.2. The van der Waals surface area contributed by atoms with E-state index in [1.54, 1.807) is 6.92 Å². The van der Waals surface area contributed by atoms with Crippen LogP contribution in [-0.2, 0) is 19.4 Å². The van der Waals surface area contributed by atoms with Crippen molar-refractivity contribution in [2.75, 3.05) is 11.5 Å². The number of carbonyl (C=O) groups is 2. The summed E-state index contributed by atoms with van der Waals surface area (Å²) in [6.45, 7) is 1.73. The molecule has 8 nitrogen and oxygen atoms in total. The van der Waals surface area contributed by atoms with E-state index in [9.17, 15) is 40.7 Å². The standard InChI is InChI=1S/C24H33F4N3O5S/c1-2-3-18(20(32)23(34)29-17-10-11-17)31-22(33)19(13-37(35,36)12-14-4-5-14)30-21(24(26,27)28)15-6-8-16(25)9-7-15/h6-9,14,17-21,30,32H,2-5,10-13H2,1H3,(H,29,34)(H,31,33)/t18-,19-,20?,21-/m0/s1. The normalized spacial score (nSPS) is 19.5. The van der Waals surface area contributed by atoms with Crippen LogP contribution in [-0.4, -0.2) is 67.3 Å². The number of nitrogens with one attached hydrogen (secondary N) is 3. The number of aliphatic hydroxyl groups excluding tert-OH is 1. The number of halogens is 4. The first kappa shape index (κ1) is 29.3. The number of aliphatic hydroxyl groups is 1. The molecule has 0 aromatic heterocycles. The number of sulfone groups is 1. The predicted molar refractivity (Wildman–Crippen MR) is 128 cm³/mol. The molecule has 0 saturated heterocycles. The maximum Gasteiger partial charge on any atom is 0.407 e. The van der Waals surface area contributed by atoms with Gasteiger partial charge in [0.2, 0.25) is 5.91 Å². The number of rotatable bonds is 14. The largest absolute Gasteiger partial charge is 0.407 e. The van der Waals surface area contributed by atoms with Gasteiger partial charge >= 0.3 is 6.18 Å². The number of hydrogen-bond donors (Lipinski definition) is 4. The zero-order chi connectivity index (χ0) is 27.4. The second-order valence-electron chi connectivity index (χ2n) is 9.90. The fourth-order valence-electron chi connectivity index (χ4n) is 4.00. The Morgan fingerprint density at radius 3 is 2.22 bits per heavy atom. The van der Waals surface area contributed by atoms with Crippen LogP contribution in [0.1, 0.15) is 57.1 Å². The van der Waals surface area contributed by atoms with E-state index in [-0.39, 0.29) is 24.1 Å². The van der Waals surface area contributed by atoms with E-state index in [1.807, 2.05) is 0 Å². The Kier molecular flexibility index (Phi) is 9.57. The smallest absolute Gasteiger partial charge is 0.381 e. The van der Waals surface area contributed by atoms with Crippen molar-refractivity contribution < 1.29 is 40.7 Å². The monoisotopic (exact) mass is 551 g/mol. The summed E-state index contributed by atoms with van der Waals surface area (Å²) in [5, 5.41) is 17.6. The molecule has 0 radical (unpaired) electrons. The van der Waals surface area contributed by atoms with E-state index in [0.717, 1.165) is 37.1 Å². The Bertz CT molecular complexity index is 1040. The van der Waals surface area contributed by atoms with Crippen LogP contribution in [0.25, 0.3) is 0 Å². The van der Waals surface area contributed by atoms with Crippen molar-refractivity contribution in [3.05, 3.63) is 35.6 Å². The predicted octanol–water partition coefficient (Wildman–Crippen LogP) is 2.14. The maximum atomic E-state index is 14.0. The molecule has 2 aliphatic carbocycles. The molecular formula is C24H33F4N3O5S. The maximum absolute atomic E-state index is 14.0. The molecule has 1 unspecified atom stereocenters. The molecule has 2 amide bonds. The van der Waals surface area contributed by atoms with Crippen LogP contribution in [0.15, 0.2) is 24.3 Å². The fourth-order valence-corrected chi connectivity index (χ4v) is 5.94. The van der Waals surface area contributed by atoms with E-state index in [1.165, 1.54) is 0 Å². The second kappa shape index (κ2) is 12.1. The third kappa shape index (κ3) is 9.22. The number of amides is 2. The minimum Gasteiger partial charge on any atom is -0.381 e. The summed E-state index contributed by atoms with van der Waals surface area (Å²) < 4.78 is 80.8. The Morgan fingerprint density at radius 1 is 1.08 bits per heavy atom. The third-order valence-electron chi connectivity index (χ3n) is 6.32. The molecule has 4 N–H and O–H groups in total. The van der Waals surface area contributed by atoms with Gasteiger partial charge in [0, 0.05) is 6.04 Å². The molecule has 2 fully saturated rings. The summed E-state index contributed by atoms with van der Waals surface area (Å²) in [6, 6.07) is -2.04. The lowest BCUT2D eigenvalue weighted by Crippen LogP contribution is -2.57. The number of carbonyl (C=O) groups excluding carboxylic acids is 2. The van der Waals surface area contributed by atoms with Gasteiger partial charge < -0.3 is 15.7 Å². The lowest BCUT2D eigenvalue weighted by Gasteiger charge is -2.30. The minimum atomic E-state index is -4.94. The van der Waals surface area contributed by atoms with Crippen LogP contribution in [0.4, 0.5) is 17.6 Å². The molecular weight excluding hydrogens is 518 g/mol. The summed E-state index contributed by atoms with van der Waals surface area (Å²) in [4.78, 5) is 25.5. The molecule has 0 bridgehead atoms. The van der Waals surface area contributed by atoms with E-state index < -0.39 is 69.2 Å². The van der Waals surface area contributed by atoms with Crippen LogP contribution < -0.4 is 16.0 Å². The summed E-state index contributed by atoms with van der Waals surface area (Å²) in [5.74, 6) is -3.82. The summed E-state index contributed by atoms with van der Waals surface area (Å²) in [6.07, 6.45) is -3.15. The highest BCUT2D eigenvalue weighted by Gasteiger charge is 2.44. The van der Waals surface area contributed by atoms with Gasteiger partial charge in [-0.1, -0.05) is 25.5 Å². The van der Waals surface area contributed by atoms with Gasteiger partial charge in [-0.2, -0.15) is 13.2 Å². The van der Waals surface area contributed by atoms with Crippen molar-refractivity contribution in [2.45, 2.75) is 81.9 Å². The zero-order valence-corrected chi connectivity index (χ0v) is 21.2. The number of benzene rings is 1. The molecule has 4 atom stereocenters. The van der Waals surface area contributed by atoms with Crippen molar-refractivity contribution in [1.29, 1.82) is 0 Å². The fraction of sp³-hybridized carbons (Fsp3) is 0.667. The Morgan fingerprint density at radius 2 is 1.70 bits per heavy atom. The van der Waals surface area contributed by atoms with E-state index in [0.29, 0.717) is 19.3 Å². The molecule has 208 valence electrons. The summed E-state index contributed by atoms with van der Waals surface area (Å²) in [7, 11) is -3.93. The van der Waals surface area contributed by atoms with Crippen molar-refractivity contribution in [1.82, 2.24) is 16.0 Å². The highest BCUT2D eigenvalue weighted by molar-refractivity contribution is 7.91. The number of alkyl halides is 3. The van der Waals surface area contributed by atoms with Gasteiger partial charge in [0.05, 0.1) is 17.5 Å². The lowest BCUT2D eigenvalue weighted by atomic mass is 10.0. The Labute approximate surface area is 213 Å². The highest BCUT2D eigenvalue weighted by Crippen LogP contribution is 2.34. The van der Waals surface area contributed by atoms with Crippen LogP contribution in [0, 0.1) is 11.7 Å². The van der Waals surface area contributed by atoms with Gasteiger partial charge in [-0.3, -0.25) is 14.9 Å². The SMILES string of the molecule is CCC[C@H](NC(=O)[C@H](CS(=O)(=O)CC1CC1)N[C@@H](c1ccc(F)cc1)C(F)(F)F)C(O)C(=O)NC1CC1. The molecule has 2 aliphatic rings. The van der Waals surface area contributed by atoms with Crippen molar-refractivity contribution in [3.63, 3.8) is 0 Å². The molecule has 1 aromatic carbocycles. The van der Waals surface area contributed by atoms with Gasteiger partial charge in [0.15, 0.2) is 15.9 Å². The molecule has 13 heteroatoms. The van der Waals surface area contributed by atoms with Crippen LogP contribution >= 0.6 is 0 Å². The average Bonchev–Trinajstić information content (AvgIpc) is 3.73. The van der Waals surface area contributed by atoms with Crippen LogP contribution in [0.2, 0.25) is 0 Å². The van der Waals surface area contributed by atoms with Crippen LogP contribution in [0.3, 0.4) is 0 Å². The minimum absolute atomic E-state index is 0.0645. The van der Waals surface area contributed by atoms with E-state index >= 15 is 0 Å². The van der Waals surface area contributed by atoms with E-state index in [2.05, 4.69) is 16.0 Å². The topological polar surface area (TPSA) is 125 Å². The van der Waals surface area contributed by atoms with Crippen molar-refractivity contribution in [3.8, 4) is 0 Å². The van der Waals surface area contributed by atoms with Crippen molar-refractivity contribution in [2.24, 2.45) is 5.92 Å². The van der Waals surface area contributed by atoms with Crippen molar-refractivity contribution >= 4 is 21.7 Å². The Balaban J connectivity index is 1.83. The van der Waals surface area contributed by atoms with Gasteiger partial charge in [0.25, 0.3) is 5.91 Å². The second-order valence-corrected chi connectivity index (χ2v) is 12.1. The third-order valence-corrected chi connectivity index (χ3v) is 8.14. The molecule has 0 aliphatic heterocycles. The quantitative estimate of drug-likeness (QED) is 0.263. The highest BCUT2D eigenvalue weighted by atomic mass is 32.2. The molecule has 1 aromatic rings. The Hall–Kier alpha value is -2.25. The molecule has 3 rings (SSSR count). The zero-order valence-electron chi connectivity index (χ0n) is 20.4. The molecule has 37 heavy (non-hydrogen) atoms. The summed E-state index contributed by atoms with van der Waals surface area (Å²) >= 11 is 0. The number of hydrogen-bond acceptors (Lipinski definition) is 6. The first-order chi connectivity index (χ1) is 17.3. The lowest BCUT2D eigenvalue weighted by molar-refractivity contribution is -0.160. The summed E-state index contributed by atoms with van der Waals surface area (Å²) in [5.41, 5.74) is -0.403.